The smallest absolute Gasteiger partial charge is 0.0954 e. The Hall–Kier alpha value is -0.930. The van der Waals surface area contributed by atoms with E-state index in [1.54, 1.807) is 0 Å². The van der Waals surface area contributed by atoms with Crippen molar-refractivity contribution in [3.63, 3.8) is 0 Å². The van der Waals surface area contributed by atoms with E-state index in [-0.39, 0.29) is 0 Å². The highest BCUT2D eigenvalue weighted by Crippen LogP contribution is 2.24. The van der Waals surface area contributed by atoms with Gasteiger partial charge in [-0.1, -0.05) is 38.8 Å². The number of nitrogens with one attached hydrogen (secondary N) is 1. The number of rotatable bonds is 6. The number of thiazole rings is 1. The van der Waals surface area contributed by atoms with Crippen LogP contribution in [0.3, 0.4) is 0 Å². The molecule has 0 aliphatic rings. The summed E-state index contributed by atoms with van der Waals surface area (Å²) >= 11 is 1.83. The van der Waals surface area contributed by atoms with Crippen LogP contribution in [0.1, 0.15) is 31.7 Å². The first-order valence-corrected chi connectivity index (χ1v) is 7.61. The molecule has 98 valence electrons. The molecule has 2 rings (SSSR count). The molecule has 0 bridgehead atoms. The van der Waals surface area contributed by atoms with Crippen molar-refractivity contribution in [3.8, 4) is 0 Å². The molecule has 1 unspecified atom stereocenters. The molecule has 0 radical (unpaired) electrons. The van der Waals surface area contributed by atoms with E-state index in [1.165, 1.54) is 22.5 Å². The zero-order valence-corrected chi connectivity index (χ0v) is 12.3. The average Bonchev–Trinajstić information content (AvgIpc) is 2.81. The van der Waals surface area contributed by atoms with E-state index in [1.807, 2.05) is 11.3 Å². The largest absolute Gasteiger partial charge is 0.316 e. The van der Waals surface area contributed by atoms with Crippen LogP contribution < -0.4 is 5.32 Å². The predicted octanol–water partition coefficient (Wildman–Crippen LogP) is 3.86. The number of benzene rings is 1. The molecule has 1 N–H and O–H groups in total. The fourth-order valence-electron chi connectivity index (χ4n) is 2.56. The summed E-state index contributed by atoms with van der Waals surface area (Å²) < 4.78 is 1.30. The quantitative estimate of drug-likeness (QED) is 0.855. The molecule has 0 saturated carbocycles. The van der Waals surface area contributed by atoms with Crippen LogP contribution in [0.2, 0.25) is 0 Å². The first-order valence-electron chi connectivity index (χ1n) is 6.80. The second-order valence-corrected chi connectivity index (χ2v) is 5.87. The van der Waals surface area contributed by atoms with Gasteiger partial charge in [0.05, 0.1) is 15.2 Å². The van der Waals surface area contributed by atoms with Crippen LogP contribution in [0.15, 0.2) is 24.3 Å². The third-order valence-electron chi connectivity index (χ3n) is 3.72. The highest BCUT2D eigenvalue weighted by atomic mass is 32.1. The van der Waals surface area contributed by atoms with Crippen LogP contribution in [-0.4, -0.2) is 18.1 Å². The zero-order chi connectivity index (χ0) is 13.0. The van der Waals surface area contributed by atoms with Crippen LogP contribution in [0.4, 0.5) is 0 Å². The molecule has 1 aromatic heterocycles. The maximum absolute atomic E-state index is 4.73. The Balaban J connectivity index is 2.15. The van der Waals surface area contributed by atoms with E-state index in [4.69, 9.17) is 4.98 Å². The topological polar surface area (TPSA) is 24.9 Å². The molecule has 1 aromatic carbocycles. The number of aromatic nitrogens is 1. The fraction of sp³-hybridized carbons (Fsp3) is 0.533. The lowest BCUT2D eigenvalue weighted by atomic mass is 9.92. The standard InChI is InChI=1S/C15H22N2S/c1-4-11(5-2)13(16-3)10-15-17-12-8-6-7-9-14(12)18-15/h6-9,11,13,16H,4-5,10H2,1-3H3. The lowest BCUT2D eigenvalue weighted by Crippen LogP contribution is -2.35. The first-order chi connectivity index (χ1) is 8.78. The van der Waals surface area contributed by atoms with Crippen LogP contribution in [0, 0.1) is 5.92 Å². The van der Waals surface area contributed by atoms with E-state index in [2.05, 4.69) is 50.5 Å². The molecule has 0 aliphatic carbocycles. The summed E-state index contributed by atoms with van der Waals surface area (Å²) in [4.78, 5) is 4.73. The van der Waals surface area contributed by atoms with Gasteiger partial charge in [-0.2, -0.15) is 0 Å². The molecule has 2 nitrogen and oxygen atoms in total. The summed E-state index contributed by atoms with van der Waals surface area (Å²) in [6.07, 6.45) is 3.50. The predicted molar refractivity (Wildman–Crippen MR) is 80.2 cm³/mol. The summed E-state index contributed by atoms with van der Waals surface area (Å²) in [7, 11) is 2.07. The third kappa shape index (κ3) is 2.90. The molecule has 0 aliphatic heterocycles. The van der Waals surface area contributed by atoms with Crippen LogP contribution in [-0.2, 0) is 6.42 Å². The number of hydrogen-bond donors (Lipinski definition) is 1. The summed E-state index contributed by atoms with van der Waals surface area (Å²) in [5.41, 5.74) is 1.14. The van der Waals surface area contributed by atoms with E-state index in [0.717, 1.165) is 17.9 Å². The molecule has 1 heterocycles. The average molecular weight is 262 g/mol. The minimum Gasteiger partial charge on any atom is -0.316 e. The Kier molecular flexibility index (Phi) is 4.72. The molecule has 18 heavy (non-hydrogen) atoms. The van der Waals surface area contributed by atoms with Crippen molar-refractivity contribution in [2.75, 3.05) is 7.05 Å². The van der Waals surface area contributed by atoms with Crippen molar-refractivity contribution in [2.24, 2.45) is 5.92 Å². The maximum atomic E-state index is 4.73. The molecule has 0 amide bonds. The van der Waals surface area contributed by atoms with Crippen molar-refractivity contribution in [1.82, 2.24) is 10.3 Å². The Bertz CT molecular complexity index is 455. The number of fused-ring (bicyclic) bond motifs is 1. The zero-order valence-electron chi connectivity index (χ0n) is 11.4. The van der Waals surface area contributed by atoms with Gasteiger partial charge < -0.3 is 5.32 Å². The minimum atomic E-state index is 0.542. The van der Waals surface area contributed by atoms with Crippen LogP contribution in [0.5, 0.6) is 0 Å². The van der Waals surface area contributed by atoms with E-state index in [9.17, 15) is 0 Å². The van der Waals surface area contributed by atoms with Crippen molar-refractivity contribution in [2.45, 2.75) is 39.2 Å². The van der Waals surface area contributed by atoms with E-state index in [0.29, 0.717) is 6.04 Å². The van der Waals surface area contributed by atoms with E-state index < -0.39 is 0 Å². The molecular weight excluding hydrogens is 240 g/mol. The van der Waals surface area contributed by atoms with E-state index >= 15 is 0 Å². The first kappa shape index (κ1) is 13.5. The SMILES string of the molecule is CCC(CC)C(Cc1nc2ccccc2s1)NC. The van der Waals surface area contributed by atoms with Gasteiger partial charge in [-0.15, -0.1) is 11.3 Å². The Labute approximate surface area is 113 Å². The summed E-state index contributed by atoms with van der Waals surface area (Å²) in [5, 5.41) is 4.72. The highest BCUT2D eigenvalue weighted by Gasteiger charge is 2.18. The summed E-state index contributed by atoms with van der Waals surface area (Å²) in [6, 6.07) is 8.94. The van der Waals surface area contributed by atoms with Crippen LogP contribution >= 0.6 is 11.3 Å². The number of likely N-dealkylation sites (N-methyl/N-ethyl adjacent to an activating group) is 1. The second-order valence-electron chi connectivity index (χ2n) is 4.75. The van der Waals surface area contributed by atoms with Crippen molar-refractivity contribution in [3.05, 3.63) is 29.3 Å². The van der Waals surface area contributed by atoms with Crippen LogP contribution in [0.25, 0.3) is 10.2 Å². The minimum absolute atomic E-state index is 0.542. The Morgan fingerprint density at radius 3 is 2.56 bits per heavy atom. The lowest BCUT2D eigenvalue weighted by molar-refractivity contribution is 0.349. The highest BCUT2D eigenvalue weighted by molar-refractivity contribution is 7.18. The van der Waals surface area contributed by atoms with Gasteiger partial charge in [-0.25, -0.2) is 4.98 Å². The van der Waals surface area contributed by atoms with Gasteiger partial charge in [0, 0.05) is 12.5 Å². The van der Waals surface area contributed by atoms with Crippen molar-refractivity contribution >= 4 is 21.6 Å². The van der Waals surface area contributed by atoms with Gasteiger partial charge in [-0.05, 0) is 25.1 Å². The molecular formula is C15H22N2S. The third-order valence-corrected chi connectivity index (χ3v) is 4.78. The summed E-state index contributed by atoms with van der Waals surface area (Å²) in [6.45, 7) is 4.55. The van der Waals surface area contributed by atoms with Crippen molar-refractivity contribution in [1.29, 1.82) is 0 Å². The fourth-order valence-corrected chi connectivity index (χ4v) is 3.58. The maximum Gasteiger partial charge on any atom is 0.0954 e. The Morgan fingerprint density at radius 1 is 1.22 bits per heavy atom. The van der Waals surface area contributed by atoms with Gasteiger partial charge in [0.1, 0.15) is 0 Å². The van der Waals surface area contributed by atoms with Gasteiger partial charge in [0.25, 0.3) is 0 Å². The number of hydrogen-bond acceptors (Lipinski definition) is 3. The normalized spacial score (nSPS) is 13.3. The van der Waals surface area contributed by atoms with Crippen molar-refractivity contribution < 1.29 is 0 Å². The molecule has 3 heteroatoms. The second kappa shape index (κ2) is 6.30. The Morgan fingerprint density at radius 2 is 1.94 bits per heavy atom. The molecule has 0 fully saturated rings. The van der Waals surface area contributed by atoms with Gasteiger partial charge in [-0.3, -0.25) is 0 Å². The lowest BCUT2D eigenvalue weighted by Gasteiger charge is -2.23. The molecule has 1 atom stereocenters. The molecule has 0 spiro atoms. The van der Waals surface area contributed by atoms with Gasteiger partial charge in [0.2, 0.25) is 0 Å². The monoisotopic (exact) mass is 262 g/mol. The molecule has 0 saturated heterocycles. The summed E-state index contributed by atoms with van der Waals surface area (Å²) in [5.74, 6) is 0.738. The number of para-hydroxylation sites is 1. The number of nitrogens with zero attached hydrogens (tertiary/aromatic N) is 1. The van der Waals surface area contributed by atoms with Gasteiger partial charge >= 0.3 is 0 Å². The molecule has 2 aromatic rings. The van der Waals surface area contributed by atoms with Gasteiger partial charge in [0.15, 0.2) is 0 Å².